The molecule has 1 rings (SSSR count). The number of amides is 1. The molecule has 0 radical (unpaired) electrons. The average Bonchev–Trinajstić information content (AvgIpc) is 2.18. The van der Waals surface area contributed by atoms with E-state index in [0.29, 0.717) is 5.69 Å². The average molecular weight is 267 g/mol. The Balaban J connectivity index is 2.63. The first-order valence-corrected chi connectivity index (χ1v) is 5.18. The van der Waals surface area contributed by atoms with Gasteiger partial charge < -0.3 is 11.1 Å². The number of terminal acetylenes is 1. The Morgan fingerprint density at radius 3 is 3.00 bits per heavy atom. The van der Waals surface area contributed by atoms with Crippen LogP contribution in [0, 0.1) is 12.3 Å². The fourth-order valence-electron chi connectivity index (χ4n) is 1.02. The maximum atomic E-state index is 11.5. The fourth-order valence-corrected chi connectivity index (χ4v) is 1.42. The summed E-state index contributed by atoms with van der Waals surface area (Å²) < 4.78 is 0.894. The number of nitrogens with one attached hydrogen (secondary N) is 1. The van der Waals surface area contributed by atoms with Crippen LogP contribution in [0.1, 0.15) is 6.42 Å². The molecule has 0 spiro atoms. The second-order valence-electron chi connectivity index (χ2n) is 3.01. The molecule has 1 aromatic carbocycles. The zero-order valence-corrected chi connectivity index (χ0v) is 9.62. The largest absolute Gasteiger partial charge is 0.325 e. The highest BCUT2D eigenvalue weighted by Gasteiger charge is 2.11. The minimum atomic E-state index is -0.658. The summed E-state index contributed by atoms with van der Waals surface area (Å²) in [7, 11) is 0. The Kier molecular flexibility index (Phi) is 4.35. The van der Waals surface area contributed by atoms with Crippen LogP contribution in [0.25, 0.3) is 0 Å². The van der Waals surface area contributed by atoms with Gasteiger partial charge in [0.15, 0.2) is 0 Å². The summed E-state index contributed by atoms with van der Waals surface area (Å²) in [6.07, 6.45) is 5.30. The molecule has 1 aromatic rings. The minimum Gasteiger partial charge on any atom is -0.325 e. The second kappa shape index (κ2) is 5.54. The molecular formula is C11H11BrN2O. The van der Waals surface area contributed by atoms with Crippen LogP contribution in [-0.2, 0) is 4.79 Å². The topological polar surface area (TPSA) is 55.1 Å². The predicted molar refractivity (Wildman–Crippen MR) is 64.2 cm³/mol. The number of nitrogens with two attached hydrogens (primary N) is 1. The van der Waals surface area contributed by atoms with Gasteiger partial charge >= 0.3 is 0 Å². The SMILES string of the molecule is C#CCC(N)C(=O)Nc1cccc(Br)c1. The van der Waals surface area contributed by atoms with Gasteiger partial charge in [-0.3, -0.25) is 4.79 Å². The van der Waals surface area contributed by atoms with Gasteiger partial charge in [0, 0.05) is 16.6 Å². The zero-order chi connectivity index (χ0) is 11.3. The molecule has 0 aliphatic carbocycles. The molecule has 0 aliphatic heterocycles. The van der Waals surface area contributed by atoms with Crippen LogP contribution in [-0.4, -0.2) is 11.9 Å². The van der Waals surface area contributed by atoms with E-state index in [1.54, 1.807) is 12.1 Å². The first-order valence-electron chi connectivity index (χ1n) is 4.39. The highest BCUT2D eigenvalue weighted by Crippen LogP contribution is 2.15. The van der Waals surface area contributed by atoms with Crippen LogP contribution in [0.4, 0.5) is 5.69 Å². The third-order valence-corrected chi connectivity index (χ3v) is 2.26. The summed E-state index contributed by atoms with van der Waals surface area (Å²) in [4.78, 5) is 11.5. The van der Waals surface area contributed by atoms with Crippen LogP contribution in [0.5, 0.6) is 0 Å². The molecule has 1 unspecified atom stereocenters. The highest BCUT2D eigenvalue weighted by molar-refractivity contribution is 9.10. The van der Waals surface area contributed by atoms with Gasteiger partial charge in [-0.15, -0.1) is 12.3 Å². The Labute approximate surface area is 97.2 Å². The van der Waals surface area contributed by atoms with Crippen molar-refractivity contribution in [2.24, 2.45) is 5.73 Å². The zero-order valence-electron chi connectivity index (χ0n) is 8.03. The van der Waals surface area contributed by atoms with Gasteiger partial charge in [0.25, 0.3) is 0 Å². The molecular weight excluding hydrogens is 256 g/mol. The predicted octanol–water partition coefficient (Wildman–Crippen LogP) is 1.74. The van der Waals surface area contributed by atoms with E-state index in [1.165, 1.54) is 0 Å². The van der Waals surface area contributed by atoms with Crippen molar-refractivity contribution in [1.82, 2.24) is 0 Å². The van der Waals surface area contributed by atoms with Gasteiger partial charge in [-0.2, -0.15) is 0 Å². The number of anilines is 1. The summed E-state index contributed by atoms with van der Waals surface area (Å²) in [5.74, 6) is 2.08. The van der Waals surface area contributed by atoms with Crippen LogP contribution >= 0.6 is 15.9 Å². The van der Waals surface area contributed by atoms with Crippen LogP contribution in [0.2, 0.25) is 0 Å². The van der Waals surface area contributed by atoms with Crippen molar-refractivity contribution in [3.05, 3.63) is 28.7 Å². The van der Waals surface area contributed by atoms with Crippen molar-refractivity contribution in [2.75, 3.05) is 5.32 Å². The molecule has 0 heterocycles. The number of carbonyl (C=O) groups is 1. The van der Waals surface area contributed by atoms with Crippen molar-refractivity contribution in [1.29, 1.82) is 0 Å². The molecule has 4 heteroatoms. The van der Waals surface area contributed by atoms with E-state index in [2.05, 4.69) is 27.2 Å². The van der Waals surface area contributed by atoms with E-state index in [4.69, 9.17) is 12.2 Å². The number of benzene rings is 1. The van der Waals surface area contributed by atoms with Crippen molar-refractivity contribution in [2.45, 2.75) is 12.5 Å². The van der Waals surface area contributed by atoms with Gasteiger partial charge in [0.05, 0.1) is 6.04 Å². The van der Waals surface area contributed by atoms with Gasteiger partial charge in [-0.1, -0.05) is 22.0 Å². The third-order valence-electron chi connectivity index (χ3n) is 1.77. The lowest BCUT2D eigenvalue weighted by Crippen LogP contribution is -2.35. The smallest absolute Gasteiger partial charge is 0.242 e. The third kappa shape index (κ3) is 3.74. The summed E-state index contributed by atoms with van der Waals surface area (Å²) in [5, 5.41) is 2.68. The normalized spacial score (nSPS) is 11.5. The Bertz CT molecular complexity index is 398. The molecule has 0 aromatic heterocycles. The van der Waals surface area contributed by atoms with Gasteiger partial charge in [-0.25, -0.2) is 0 Å². The number of carbonyl (C=O) groups excluding carboxylic acids is 1. The van der Waals surface area contributed by atoms with Crippen molar-refractivity contribution in [3.63, 3.8) is 0 Å². The molecule has 0 saturated carbocycles. The fraction of sp³-hybridized carbons (Fsp3) is 0.182. The molecule has 0 saturated heterocycles. The standard InChI is InChI=1S/C11H11BrN2O/c1-2-4-10(13)11(15)14-9-6-3-5-8(12)7-9/h1,3,5-7,10H,4,13H2,(H,14,15). The van der Waals surface area contributed by atoms with E-state index in [-0.39, 0.29) is 12.3 Å². The van der Waals surface area contributed by atoms with E-state index in [1.807, 2.05) is 12.1 Å². The molecule has 78 valence electrons. The summed E-state index contributed by atoms with van der Waals surface area (Å²) in [6, 6.07) is 6.61. The first kappa shape index (κ1) is 11.8. The summed E-state index contributed by atoms with van der Waals surface area (Å²) >= 11 is 3.30. The first-order chi connectivity index (χ1) is 7.13. The lowest BCUT2D eigenvalue weighted by atomic mass is 10.2. The van der Waals surface area contributed by atoms with E-state index < -0.39 is 6.04 Å². The number of hydrogen-bond acceptors (Lipinski definition) is 2. The van der Waals surface area contributed by atoms with Crippen molar-refractivity contribution in [3.8, 4) is 12.3 Å². The van der Waals surface area contributed by atoms with E-state index in [0.717, 1.165) is 4.47 Å². The lowest BCUT2D eigenvalue weighted by Gasteiger charge is -2.09. The van der Waals surface area contributed by atoms with Crippen molar-refractivity contribution >= 4 is 27.5 Å². The molecule has 3 nitrogen and oxygen atoms in total. The summed E-state index contributed by atoms with van der Waals surface area (Å²) in [5.41, 5.74) is 6.24. The van der Waals surface area contributed by atoms with Crippen molar-refractivity contribution < 1.29 is 4.79 Å². The molecule has 15 heavy (non-hydrogen) atoms. The maximum absolute atomic E-state index is 11.5. The summed E-state index contributed by atoms with van der Waals surface area (Å²) in [6.45, 7) is 0. The number of rotatable bonds is 3. The highest BCUT2D eigenvalue weighted by atomic mass is 79.9. The number of hydrogen-bond donors (Lipinski definition) is 2. The van der Waals surface area contributed by atoms with Crippen LogP contribution in [0.15, 0.2) is 28.7 Å². The van der Waals surface area contributed by atoms with Gasteiger partial charge in [0.2, 0.25) is 5.91 Å². The lowest BCUT2D eigenvalue weighted by molar-refractivity contribution is -0.117. The molecule has 0 bridgehead atoms. The van der Waals surface area contributed by atoms with E-state index in [9.17, 15) is 4.79 Å². The molecule has 1 atom stereocenters. The molecule has 3 N–H and O–H groups in total. The van der Waals surface area contributed by atoms with Crippen LogP contribution < -0.4 is 11.1 Å². The maximum Gasteiger partial charge on any atom is 0.242 e. The quantitative estimate of drug-likeness (QED) is 0.819. The van der Waals surface area contributed by atoms with Crippen LogP contribution in [0.3, 0.4) is 0 Å². The van der Waals surface area contributed by atoms with Gasteiger partial charge in [-0.05, 0) is 18.2 Å². The minimum absolute atomic E-state index is 0.236. The number of halogens is 1. The Morgan fingerprint density at radius 1 is 1.67 bits per heavy atom. The van der Waals surface area contributed by atoms with E-state index >= 15 is 0 Å². The van der Waals surface area contributed by atoms with Gasteiger partial charge in [0.1, 0.15) is 0 Å². The monoisotopic (exact) mass is 266 g/mol. The molecule has 0 fully saturated rings. The Hall–Kier alpha value is -1.31. The second-order valence-corrected chi connectivity index (χ2v) is 3.93. The molecule has 1 amide bonds. The molecule has 0 aliphatic rings. The Morgan fingerprint density at radius 2 is 2.40 bits per heavy atom.